The fraction of sp³-hybridized carbons (Fsp3) is 0.526. The van der Waals surface area contributed by atoms with Crippen molar-refractivity contribution in [1.82, 2.24) is 4.98 Å². The summed E-state index contributed by atoms with van der Waals surface area (Å²) in [6.45, 7) is 5.85. The number of rotatable bonds is 13. The van der Waals surface area contributed by atoms with E-state index in [9.17, 15) is 0 Å². The number of thiazole rings is 1. The standard InChI is InChI=1S/C19H28N2O4S/c1-15-19(26-14-21-15)17-5-3-16(4-6-17)18(20)13-25-12-11-24-10-9-23-8-7-22-2/h3-6,14,18H,7-13,20H2,1-2H3/t18-/m0/s1. The van der Waals surface area contributed by atoms with E-state index in [2.05, 4.69) is 29.2 Å². The molecule has 2 rings (SSSR count). The van der Waals surface area contributed by atoms with Crippen LogP contribution in [-0.4, -0.2) is 58.3 Å². The molecule has 0 unspecified atom stereocenters. The van der Waals surface area contributed by atoms with E-state index in [0.717, 1.165) is 11.3 Å². The van der Waals surface area contributed by atoms with E-state index in [1.807, 2.05) is 12.4 Å². The van der Waals surface area contributed by atoms with Gasteiger partial charge < -0.3 is 24.7 Å². The van der Waals surface area contributed by atoms with E-state index < -0.39 is 0 Å². The van der Waals surface area contributed by atoms with E-state index in [-0.39, 0.29) is 6.04 Å². The molecule has 0 saturated carbocycles. The number of nitrogens with two attached hydrogens (primary N) is 1. The van der Waals surface area contributed by atoms with Gasteiger partial charge in [-0.1, -0.05) is 24.3 Å². The Balaban J connectivity index is 1.60. The molecule has 0 spiro atoms. The highest BCUT2D eigenvalue weighted by atomic mass is 32.1. The van der Waals surface area contributed by atoms with Crippen LogP contribution < -0.4 is 5.73 Å². The third-order valence-electron chi connectivity index (χ3n) is 3.82. The zero-order chi connectivity index (χ0) is 18.6. The maximum absolute atomic E-state index is 6.20. The Labute approximate surface area is 159 Å². The Morgan fingerprint density at radius 1 is 0.962 bits per heavy atom. The third kappa shape index (κ3) is 7.11. The summed E-state index contributed by atoms with van der Waals surface area (Å²) >= 11 is 1.65. The van der Waals surface area contributed by atoms with Crippen LogP contribution in [0.5, 0.6) is 0 Å². The molecule has 1 heterocycles. The van der Waals surface area contributed by atoms with Gasteiger partial charge in [-0.05, 0) is 18.1 Å². The van der Waals surface area contributed by atoms with Gasteiger partial charge in [0.2, 0.25) is 0 Å². The van der Waals surface area contributed by atoms with E-state index in [4.69, 9.17) is 24.7 Å². The van der Waals surface area contributed by atoms with Gasteiger partial charge in [-0.2, -0.15) is 0 Å². The molecule has 0 aliphatic carbocycles. The van der Waals surface area contributed by atoms with E-state index in [1.165, 1.54) is 10.4 Å². The van der Waals surface area contributed by atoms with Crippen LogP contribution in [0.25, 0.3) is 10.4 Å². The Hall–Kier alpha value is -1.35. The molecule has 1 aromatic carbocycles. The van der Waals surface area contributed by atoms with Crippen molar-refractivity contribution in [3.05, 3.63) is 41.0 Å². The van der Waals surface area contributed by atoms with Crippen LogP contribution in [0.2, 0.25) is 0 Å². The van der Waals surface area contributed by atoms with Gasteiger partial charge in [-0.3, -0.25) is 0 Å². The van der Waals surface area contributed by atoms with E-state index >= 15 is 0 Å². The highest BCUT2D eigenvalue weighted by Crippen LogP contribution is 2.27. The second-order valence-corrected chi connectivity index (χ2v) is 6.64. The van der Waals surface area contributed by atoms with Crippen molar-refractivity contribution in [3.8, 4) is 10.4 Å². The zero-order valence-corrected chi connectivity index (χ0v) is 16.3. The van der Waals surface area contributed by atoms with Crippen LogP contribution in [-0.2, 0) is 18.9 Å². The lowest BCUT2D eigenvalue weighted by molar-refractivity contribution is 0.00194. The molecular weight excluding hydrogens is 352 g/mol. The van der Waals surface area contributed by atoms with Crippen molar-refractivity contribution in [1.29, 1.82) is 0 Å². The van der Waals surface area contributed by atoms with Gasteiger partial charge in [0.05, 0.1) is 68.4 Å². The van der Waals surface area contributed by atoms with Crippen molar-refractivity contribution in [2.24, 2.45) is 5.73 Å². The molecule has 144 valence electrons. The first kappa shape index (κ1) is 21.0. The average Bonchev–Trinajstić information content (AvgIpc) is 3.09. The fourth-order valence-corrected chi connectivity index (χ4v) is 3.16. The molecule has 1 aromatic heterocycles. The number of hydrogen-bond donors (Lipinski definition) is 1. The van der Waals surface area contributed by atoms with Crippen molar-refractivity contribution in [3.63, 3.8) is 0 Å². The zero-order valence-electron chi connectivity index (χ0n) is 15.5. The molecule has 1 atom stereocenters. The first-order valence-electron chi connectivity index (χ1n) is 8.70. The highest BCUT2D eigenvalue weighted by molar-refractivity contribution is 7.13. The molecule has 26 heavy (non-hydrogen) atoms. The molecule has 0 aliphatic heterocycles. The van der Waals surface area contributed by atoms with Gasteiger partial charge in [0.1, 0.15) is 0 Å². The summed E-state index contributed by atoms with van der Waals surface area (Å²) in [5.74, 6) is 0. The molecule has 6 nitrogen and oxygen atoms in total. The second kappa shape index (κ2) is 12.1. The van der Waals surface area contributed by atoms with Crippen molar-refractivity contribution in [2.75, 3.05) is 53.4 Å². The summed E-state index contributed by atoms with van der Waals surface area (Å²) in [7, 11) is 1.65. The predicted molar refractivity (Wildman–Crippen MR) is 104 cm³/mol. The topological polar surface area (TPSA) is 75.8 Å². The normalized spacial score (nSPS) is 12.4. The van der Waals surface area contributed by atoms with E-state index in [1.54, 1.807) is 18.4 Å². The Kier molecular flexibility index (Phi) is 9.76. The molecule has 0 fully saturated rings. The summed E-state index contributed by atoms with van der Waals surface area (Å²) in [6.07, 6.45) is 0. The minimum atomic E-state index is -0.149. The second-order valence-electron chi connectivity index (χ2n) is 5.79. The van der Waals surface area contributed by atoms with Crippen LogP contribution >= 0.6 is 11.3 Å². The van der Waals surface area contributed by atoms with Crippen molar-refractivity contribution >= 4 is 11.3 Å². The van der Waals surface area contributed by atoms with E-state index in [0.29, 0.717) is 46.2 Å². The van der Waals surface area contributed by atoms with Crippen LogP contribution in [0.15, 0.2) is 29.8 Å². The Bertz CT molecular complexity index is 618. The summed E-state index contributed by atoms with van der Waals surface area (Å²) in [5, 5.41) is 0. The van der Waals surface area contributed by atoms with Crippen LogP contribution in [0.1, 0.15) is 17.3 Å². The molecule has 2 aromatic rings. The number of aryl methyl sites for hydroxylation is 1. The van der Waals surface area contributed by atoms with Gasteiger partial charge in [-0.25, -0.2) is 4.98 Å². The summed E-state index contributed by atoms with van der Waals surface area (Å²) in [4.78, 5) is 5.49. The average molecular weight is 381 g/mol. The molecule has 0 bridgehead atoms. The van der Waals surface area contributed by atoms with Gasteiger partial charge in [0.25, 0.3) is 0 Å². The molecular formula is C19H28N2O4S. The molecule has 7 heteroatoms. The predicted octanol–water partition coefficient (Wildman–Crippen LogP) is 2.81. The lowest BCUT2D eigenvalue weighted by Crippen LogP contribution is -2.19. The molecule has 0 aliphatic rings. The van der Waals surface area contributed by atoms with Gasteiger partial charge in [0.15, 0.2) is 0 Å². The quantitative estimate of drug-likeness (QED) is 0.539. The lowest BCUT2D eigenvalue weighted by atomic mass is 10.0. The van der Waals surface area contributed by atoms with Crippen LogP contribution in [0.4, 0.5) is 0 Å². The first-order valence-corrected chi connectivity index (χ1v) is 9.58. The number of aromatic nitrogens is 1. The Morgan fingerprint density at radius 2 is 1.58 bits per heavy atom. The highest BCUT2D eigenvalue weighted by Gasteiger charge is 2.08. The van der Waals surface area contributed by atoms with Crippen molar-refractivity contribution in [2.45, 2.75) is 13.0 Å². The molecule has 2 N–H and O–H groups in total. The maximum Gasteiger partial charge on any atom is 0.0801 e. The largest absolute Gasteiger partial charge is 0.382 e. The maximum atomic E-state index is 6.20. The number of hydrogen-bond acceptors (Lipinski definition) is 7. The first-order chi connectivity index (χ1) is 12.7. The third-order valence-corrected chi connectivity index (χ3v) is 4.80. The number of nitrogens with zero attached hydrogens (tertiary/aromatic N) is 1. The monoisotopic (exact) mass is 380 g/mol. The molecule has 0 amide bonds. The van der Waals surface area contributed by atoms with Gasteiger partial charge in [0, 0.05) is 7.11 Å². The van der Waals surface area contributed by atoms with Gasteiger partial charge in [-0.15, -0.1) is 11.3 Å². The fourth-order valence-electron chi connectivity index (χ4n) is 2.35. The van der Waals surface area contributed by atoms with Crippen LogP contribution in [0.3, 0.4) is 0 Å². The van der Waals surface area contributed by atoms with Crippen LogP contribution in [0, 0.1) is 6.92 Å². The summed E-state index contributed by atoms with van der Waals surface area (Å²) < 4.78 is 21.2. The number of ether oxygens (including phenoxy) is 4. The van der Waals surface area contributed by atoms with Crippen molar-refractivity contribution < 1.29 is 18.9 Å². The minimum Gasteiger partial charge on any atom is -0.382 e. The Morgan fingerprint density at radius 3 is 2.15 bits per heavy atom. The minimum absolute atomic E-state index is 0.149. The molecule has 0 saturated heterocycles. The number of methoxy groups -OCH3 is 1. The lowest BCUT2D eigenvalue weighted by Gasteiger charge is -2.13. The number of benzene rings is 1. The molecule has 0 radical (unpaired) electrons. The SMILES string of the molecule is COCCOCCOCCOC[C@H](N)c1ccc(-c2scnc2C)cc1. The summed E-state index contributed by atoms with van der Waals surface area (Å²) in [6, 6.07) is 8.13. The smallest absolute Gasteiger partial charge is 0.0801 e. The van der Waals surface area contributed by atoms with Gasteiger partial charge >= 0.3 is 0 Å². The summed E-state index contributed by atoms with van der Waals surface area (Å²) in [5.41, 5.74) is 11.3.